The summed E-state index contributed by atoms with van der Waals surface area (Å²) in [6.07, 6.45) is 2.97. The predicted octanol–water partition coefficient (Wildman–Crippen LogP) is 3.77. The third-order valence-corrected chi connectivity index (χ3v) is 3.66. The van der Waals surface area contributed by atoms with Gasteiger partial charge in [0.25, 0.3) is 0 Å². The van der Waals surface area contributed by atoms with E-state index in [9.17, 15) is 4.79 Å². The highest BCUT2D eigenvalue weighted by Crippen LogP contribution is 2.14. The molecule has 0 fully saturated rings. The van der Waals surface area contributed by atoms with E-state index in [4.69, 9.17) is 5.73 Å². The van der Waals surface area contributed by atoms with Gasteiger partial charge < -0.3 is 11.1 Å². The highest BCUT2D eigenvalue weighted by Gasteiger charge is 2.17. The normalized spacial score (nSPS) is 13.2. The van der Waals surface area contributed by atoms with Crippen LogP contribution in [0.4, 0.5) is 0 Å². The zero-order chi connectivity index (χ0) is 17.0. The van der Waals surface area contributed by atoms with Gasteiger partial charge in [-0.05, 0) is 36.8 Å². The Morgan fingerprint density at radius 2 is 1.77 bits per heavy atom. The molecular weight excluding hydrogens is 272 g/mol. The molecule has 0 heterocycles. The molecule has 0 radical (unpaired) electrons. The van der Waals surface area contributed by atoms with E-state index < -0.39 is 0 Å². The molecule has 3 nitrogen and oxygen atoms in total. The Kier molecular flexibility index (Phi) is 11.5. The van der Waals surface area contributed by atoms with Gasteiger partial charge in [0.05, 0.1) is 6.04 Å². The molecule has 1 aromatic carbocycles. The van der Waals surface area contributed by atoms with Crippen LogP contribution in [0.5, 0.6) is 0 Å². The quantitative estimate of drug-likeness (QED) is 0.729. The number of carbonyl (C=O) groups is 1. The van der Waals surface area contributed by atoms with Crippen LogP contribution in [0.2, 0.25) is 0 Å². The molecule has 0 aliphatic rings. The summed E-state index contributed by atoms with van der Waals surface area (Å²) in [6.45, 7) is 11.5. The molecule has 0 spiro atoms. The molecule has 0 aliphatic heterocycles. The summed E-state index contributed by atoms with van der Waals surface area (Å²) in [5.41, 5.74) is 6.65. The fourth-order valence-corrected chi connectivity index (χ4v) is 2.49. The lowest BCUT2D eigenvalue weighted by Crippen LogP contribution is -2.44. The van der Waals surface area contributed by atoms with Crippen LogP contribution in [0, 0.1) is 11.8 Å². The highest BCUT2D eigenvalue weighted by molar-refractivity contribution is 5.80. The summed E-state index contributed by atoms with van der Waals surface area (Å²) in [5, 5.41) is 3.35. The van der Waals surface area contributed by atoms with Crippen LogP contribution >= 0.6 is 0 Å². The number of nitrogens with two attached hydrogens (primary N) is 1. The maximum atomic E-state index is 11.6. The zero-order valence-electron chi connectivity index (χ0n) is 14.9. The highest BCUT2D eigenvalue weighted by atomic mass is 16.1. The Bertz CT molecular complexity index is 390. The van der Waals surface area contributed by atoms with Crippen LogP contribution < -0.4 is 11.1 Å². The Morgan fingerprint density at radius 3 is 2.23 bits per heavy atom. The molecule has 0 saturated carbocycles. The van der Waals surface area contributed by atoms with Crippen LogP contribution in [-0.4, -0.2) is 18.5 Å². The second-order valence-corrected chi connectivity index (χ2v) is 5.96. The number of benzene rings is 1. The lowest BCUT2D eigenvalue weighted by atomic mass is 9.94. The first-order valence-electron chi connectivity index (χ1n) is 8.59. The SMILES string of the molecule is CC.CC[C@H](CN[C@@H](Cc1ccccc1)C(N)=O)CC(C)C. The Labute approximate surface area is 136 Å². The molecule has 0 aliphatic carbocycles. The fraction of sp³-hybridized carbons (Fsp3) is 0.632. The lowest BCUT2D eigenvalue weighted by molar-refractivity contribution is -0.120. The molecule has 0 unspecified atom stereocenters. The molecule has 2 atom stereocenters. The maximum absolute atomic E-state index is 11.6. The average molecular weight is 306 g/mol. The molecule has 0 aromatic heterocycles. The second kappa shape index (κ2) is 12.2. The molecule has 1 amide bonds. The van der Waals surface area contributed by atoms with Crippen molar-refractivity contribution in [1.82, 2.24) is 5.32 Å². The molecule has 126 valence electrons. The Hall–Kier alpha value is -1.35. The van der Waals surface area contributed by atoms with Crippen molar-refractivity contribution in [1.29, 1.82) is 0 Å². The van der Waals surface area contributed by atoms with Crippen molar-refractivity contribution in [3.8, 4) is 0 Å². The number of hydrogen-bond acceptors (Lipinski definition) is 2. The summed E-state index contributed by atoms with van der Waals surface area (Å²) in [4.78, 5) is 11.6. The number of rotatable bonds is 9. The van der Waals surface area contributed by atoms with Crippen molar-refractivity contribution in [2.24, 2.45) is 17.6 Å². The van der Waals surface area contributed by atoms with E-state index in [0.29, 0.717) is 18.3 Å². The molecule has 0 saturated heterocycles. The first-order valence-corrected chi connectivity index (χ1v) is 8.59. The lowest BCUT2D eigenvalue weighted by Gasteiger charge is -2.22. The number of hydrogen-bond donors (Lipinski definition) is 2. The molecule has 3 N–H and O–H groups in total. The maximum Gasteiger partial charge on any atom is 0.234 e. The van der Waals surface area contributed by atoms with Crippen LogP contribution in [0.15, 0.2) is 30.3 Å². The first-order chi connectivity index (χ1) is 10.5. The van der Waals surface area contributed by atoms with Crippen molar-refractivity contribution in [2.45, 2.75) is 59.9 Å². The topological polar surface area (TPSA) is 55.1 Å². The average Bonchev–Trinajstić information content (AvgIpc) is 2.52. The predicted molar refractivity (Wildman–Crippen MR) is 95.7 cm³/mol. The summed E-state index contributed by atoms with van der Waals surface area (Å²) in [5.74, 6) is 1.02. The van der Waals surface area contributed by atoms with E-state index in [0.717, 1.165) is 18.5 Å². The third kappa shape index (κ3) is 8.83. The monoisotopic (exact) mass is 306 g/mol. The van der Waals surface area contributed by atoms with Gasteiger partial charge in [-0.1, -0.05) is 71.4 Å². The van der Waals surface area contributed by atoms with Gasteiger partial charge in [0.2, 0.25) is 5.91 Å². The van der Waals surface area contributed by atoms with Crippen LogP contribution in [0.25, 0.3) is 0 Å². The minimum atomic E-state index is -0.279. The first kappa shape index (κ1) is 20.6. The molecule has 0 bridgehead atoms. The van der Waals surface area contributed by atoms with E-state index in [1.165, 1.54) is 6.42 Å². The standard InChI is InChI=1S/C17H28N2O.C2H6/c1-4-14(10-13(2)3)12-19-16(17(18)20)11-15-8-6-5-7-9-15;1-2/h5-9,13-14,16,19H,4,10-12H2,1-3H3,(H2,18,20);1-2H3/t14-,16-;/m0./s1. The van der Waals surface area contributed by atoms with E-state index in [1.54, 1.807) is 0 Å². The van der Waals surface area contributed by atoms with E-state index >= 15 is 0 Å². The fourth-order valence-electron chi connectivity index (χ4n) is 2.49. The molecule has 22 heavy (non-hydrogen) atoms. The van der Waals surface area contributed by atoms with Gasteiger partial charge in [-0.15, -0.1) is 0 Å². The third-order valence-electron chi connectivity index (χ3n) is 3.66. The van der Waals surface area contributed by atoms with Gasteiger partial charge in [-0.3, -0.25) is 4.79 Å². The number of nitrogens with one attached hydrogen (secondary N) is 1. The molecule has 3 heteroatoms. The van der Waals surface area contributed by atoms with Gasteiger partial charge in [0, 0.05) is 0 Å². The summed E-state index contributed by atoms with van der Waals surface area (Å²) in [7, 11) is 0. The minimum absolute atomic E-state index is 0.270. The van der Waals surface area contributed by atoms with Crippen molar-refractivity contribution in [3.05, 3.63) is 35.9 Å². The van der Waals surface area contributed by atoms with Gasteiger partial charge in [-0.2, -0.15) is 0 Å². The smallest absolute Gasteiger partial charge is 0.234 e. The van der Waals surface area contributed by atoms with Crippen LogP contribution in [0.1, 0.15) is 53.0 Å². The van der Waals surface area contributed by atoms with E-state index in [-0.39, 0.29) is 11.9 Å². The summed E-state index contributed by atoms with van der Waals surface area (Å²) >= 11 is 0. The summed E-state index contributed by atoms with van der Waals surface area (Å²) in [6, 6.07) is 9.73. The molecule has 1 rings (SSSR count). The van der Waals surface area contributed by atoms with Gasteiger partial charge in [0.15, 0.2) is 0 Å². The van der Waals surface area contributed by atoms with Gasteiger partial charge in [-0.25, -0.2) is 0 Å². The number of carbonyl (C=O) groups excluding carboxylic acids is 1. The van der Waals surface area contributed by atoms with Crippen molar-refractivity contribution in [2.75, 3.05) is 6.54 Å². The van der Waals surface area contributed by atoms with E-state index in [2.05, 4.69) is 26.1 Å². The molecular formula is C19H34N2O. The second-order valence-electron chi connectivity index (χ2n) is 5.96. The van der Waals surface area contributed by atoms with Crippen molar-refractivity contribution in [3.63, 3.8) is 0 Å². The largest absolute Gasteiger partial charge is 0.368 e. The zero-order valence-corrected chi connectivity index (χ0v) is 14.9. The summed E-state index contributed by atoms with van der Waals surface area (Å²) < 4.78 is 0. The molecule has 1 aromatic rings. The Morgan fingerprint density at radius 1 is 1.18 bits per heavy atom. The number of amides is 1. The van der Waals surface area contributed by atoms with Crippen molar-refractivity contribution >= 4 is 5.91 Å². The van der Waals surface area contributed by atoms with Gasteiger partial charge in [0.1, 0.15) is 0 Å². The minimum Gasteiger partial charge on any atom is -0.368 e. The van der Waals surface area contributed by atoms with Crippen molar-refractivity contribution < 1.29 is 4.79 Å². The van der Waals surface area contributed by atoms with Crippen LogP contribution in [-0.2, 0) is 11.2 Å². The van der Waals surface area contributed by atoms with E-state index in [1.807, 2.05) is 44.2 Å². The Balaban J connectivity index is 0.00000211. The number of primary amides is 1. The van der Waals surface area contributed by atoms with Gasteiger partial charge >= 0.3 is 0 Å². The van der Waals surface area contributed by atoms with Crippen LogP contribution in [0.3, 0.4) is 0 Å².